The molecule has 0 aliphatic rings. The minimum atomic E-state index is -0.648. The van der Waals surface area contributed by atoms with Gasteiger partial charge in [0.25, 0.3) is 5.91 Å². The minimum Gasteiger partial charge on any atom is -0.399 e. The molecule has 64 valence electrons. The van der Waals surface area contributed by atoms with Crippen LogP contribution >= 0.6 is 0 Å². The topological polar surface area (TPSA) is 121 Å². The molecule has 0 unspecified atom stereocenters. The molecule has 1 amide bonds. The van der Waals surface area contributed by atoms with Crippen LogP contribution in [0.1, 0.15) is 10.4 Å². The van der Waals surface area contributed by atoms with Crippen molar-refractivity contribution in [2.45, 2.75) is 0 Å². The lowest BCUT2D eigenvalue weighted by Crippen LogP contribution is -2.16. The highest BCUT2D eigenvalue weighted by Crippen LogP contribution is 2.22. The molecule has 1 aromatic rings. The molecule has 0 bridgehead atoms. The number of carbonyl (C=O) groups is 1. The van der Waals surface area contributed by atoms with E-state index < -0.39 is 5.91 Å². The smallest absolute Gasteiger partial charge is 0.252 e. The van der Waals surface area contributed by atoms with Gasteiger partial charge in [-0.15, -0.1) is 0 Å². The summed E-state index contributed by atoms with van der Waals surface area (Å²) in [5, 5.41) is 0. The maximum Gasteiger partial charge on any atom is 0.252 e. The monoisotopic (exact) mass is 166 g/mol. The molecule has 0 aliphatic carbocycles. The normalized spacial score (nSPS) is 9.67. The Morgan fingerprint density at radius 1 is 1.08 bits per heavy atom. The van der Waals surface area contributed by atoms with E-state index in [0.29, 0.717) is 5.69 Å². The van der Waals surface area contributed by atoms with Crippen LogP contribution in [0.4, 0.5) is 17.1 Å². The molecular weight excluding hydrogens is 156 g/mol. The van der Waals surface area contributed by atoms with Crippen LogP contribution < -0.4 is 22.9 Å². The van der Waals surface area contributed by atoms with Crippen LogP contribution in [0.5, 0.6) is 0 Å². The van der Waals surface area contributed by atoms with Crippen LogP contribution in [0.15, 0.2) is 12.1 Å². The first-order valence-corrected chi connectivity index (χ1v) is 3.26. The fourth-order valence-corrected chi connectivity index (χ4v) is 0.996. The number of hydrogen-bond acceptors (Lipinski definition) is 4. The summed E-state index contributed by atoms with van der Waals surface area (Å²) in [5.74, 6) is -0.648. The van der Waals surface area contributed by atoms with E-state index in [1.807, 2.05) is 0 Å². The molecule has 12 heavy (non-hydrogen) atoms. The number of benzene rings is 1. The van der Waals surface area contributed by atoms with Crippen molar-refractivity contribution in [1.82, 2.24) is 0 Å². The molecule has 0 heterocycles. The van der Waals surface area contributed by atoms with Gasteiger partial charge in [0, 0.05) is 17.1 Å². The lowest BCUT2D eigenvalue weighted by atomic mass is 10.1. The fraction of sp³-hybridized carbons (Fsp3) is 0. The Bertz CT molecular complexity index is 311. The van der Waals surface area contributed by atoms with Crippen molar-refractivity contribution in [3.8, 4) is 0 Å². The van der Waals surface area contributed by atoms with Crippen LogP contribution in [0, 0.1) is 0 Å². The summed E-state index contributed by atoms with van der Waals surface area (Å²) in [4.78, 5) is 10.8. The van der Waals surface area contributed by atoms with Crippen LogP contribution in [0.25, 0.3) is 0 Å². The van der Waals surface area contributed by atoms with E-state index in [-0.39, 0.29) is 16.9 Å². The van der Waals surface area contributed by atoms with Crippen LogP contribution in [-0.4, -0.2) is 5.91 Å². The van der Waals surface area contributed by atoms with Crippen molar-refractivity contribution in [2.75, 3.05) is 17.2 Å². The average Bonchev–Trinajstić information content (AvgIpc) is 1.82. The Labute approximate surface area is 69.3 Å². The molecule has 0 spiro atoms. The molecule has 5 heteroatoms. The quantitative estimate of drug-likeness (QED) is 0.421. The Balaban J connectivity index is 3.38. The van der Waals surface area contributed by atoms with Gasteiger partial charge >= 0.3 is 0 Å². The summed E-state index contributed by atoms with van der Waals surface area (Å²) in [6, 6.07) is 2.88. The molecule has 0 aliphatic heterocycles. The molecule has 0 saturated carbocycles. The summed E-state index contributed by atoms with van der Waals surface area (Å²) in [6.45, 7) is 0. The second-order valence-corrected chi connectivity index (χ2v) is 2.44. The first-order valence-electron chi connectivity index (χ1n) is 3.26. The zero-order valence-electron chi connectivity index (χ0n) is 6.37. The van der Waals surface area contributed by atoms with E-state index in [1.54, 1.807) is 0 Å². The average molecular weight is 166 g/mol. The number of hydrogen-bond donors (Lipinski definition) is 4. The standard InChI is InChI=1S/C7H10N4O/c8-3-1-4(9)6(7(11)12)5(10)2-3/h1-2H,8-10H2,(H2,11,12). The molecule has 0 atom stereocenters. The number of carbonyl (C=O) groups excluding carboxylic acids is 1. The molecule has 0 saturated heterocycles. The molecule has 0 fully saturated rings. The summed E-state index contributed by atoms with van der Waals surface area (Å²) < 4.78 is 0. The highest BCUT2D eigenvalue weighted by Gasteiger charge is 2.10. The Morgan fingerprint density at radius 3 is 1.83 bits per heavy atom. The first-order chi connectivity index (χ1) is 5.52. The molecule has 1 aromatic carbocycles. The van der Waals surface area contributed by atoms with Gasteiger partial charge in [0.05, 0.1) is 5.56 Å². The fourth-order valence-electron chi connectivity index (χ4n) is 0.996. The zero-order valence-corrected chi connectivity index (χ0v) is 6.37. The van der Waals surface area contributed by atoms with Crippen molar-refractivity contribution in [2.24, 2.45) is 5.73 Å². The molecule has 1 rings (SSSR count). The molecule has 5 nitrogen and oxygen atoms in total. The van der Waals surface area contributed by atoms with Crippen molar-refractivity contribution < 1.29 is 4.79 Å². The molecule has 8 N–H and O–H groups in total. The summed E-state index contributed by atoms with van der Waals surface area (Å²) >= 11 is 0. The van der Waals surface area contributed by atoms with Gasteiger partial charge in [-0.05, 0) is 12.1 Å². The van der Waals surface area contributed by atoms with Crippen molar-refractivity contribution in [3.63, 3.8) is 0 Å². The number of primary amides is 1. The molecule has 0 aromatic heterocycles. The lowest BCUT2D eigenvalue weighted by molar-refractivity contribution is 0.100. The minimum absolute atomic E-state index is 0.129. The van der Waals surface area contributed by atoms with Gasteiger partial charge in [0.15, 0.2) is 0 Å². The van der Waals surface area contributed by atoms with Crippen molar-refractivity contribution in [3.05, 3.63) is 17.7 Å². The number of nitrogen functional groups attached to an aromatic ring is 3. The number of nitrogens with two attached hydrogens (primary N) is 4. The number of amides is 1. The van der Waals surface area contributed by atoms with Gasteiger partial charge in [-0.25, -0.2) is 0 Å². The van der Waals surface area contributed by atoms with Crippen LogP contribution in [0.2, 0.25) is 0 Å². The summed E-state index contributed by atoms with van der Waals surface area (Å²) in [6.07, 6.45) is 0. The van der Waals surface area contributed by atoms with Gasteiger partial charge in [0.1, 0.15) is 0 Å². The van der Waals surface area contributed by atoms with E-state index >= 15 is 0 Å². The van der Waals surface area contributed by atoms with E-state index in [1.165, 1.54) is 12.1 Å². The highest BCUT2D eigenvalue weighted by atomic mass is 16.1. The summed E-state index contributed by atoms with van der Waals surface area (Å²) in [5.41, 5.74) is 22.3. The first kappa shape index (κ1) is 8.19. The summed E-state index contributed by atoms with van der Waals surface area (Å²) in [7, 11) is 0. The van der Waals surface area contributed by atoms with Crippen LogP contribution in [-0.2, 0) is 0 Å². The second kappa shape index (κ2) is 2.61. The maximum absolute atomic E-state index is 10.8. The van der Waals surface area contributed by atoms with Crippen molar-refractivity contribution >= 4 is 23.0 Å². The lowest BCUT2D eigenvalue weighted by Gasteiger charge is -2.06. The van der Waals surface area contributed by atoms with E-state index in [4.69, 9.17) is 22.9 Å². The Hall–Kier alpha value is -1.91. The Morgan fingerprint density at radius 2 is 1.50 bits per heavy atom. The van der Waals surface area contributed by atoms with Gasteiger partial charge in [-0.3, -0.25) is 4.79 Å². The third-order valence-electron chi connectivity index (χ3n) is 1.47. The van der Waals surface area contributed by atoms with Gasteiger partial charge in [-0.1, -0.05) is 0 Å². The Kier molecular flexibility index (Phi) is 1.78. The predicted octanol–water partition coefficient (Wildman–Crippen LogP) is -0.468. The number of rotatable bonds is 1. The maximum atomic E-state index is 10.8. The number of anilines is 3. The second-order valence-electron chi connectivity index (χ2n) is 2.44. The molecule has 0 radical (unpaired) electrons. The molecular formula is C7H10N4O. The predicted molar refractivity (Wildman–Crippen MR) is 48.2 cm³/mol. The van der Waals surface area contributed by atoms with Gasteiger partial charge in [0.2, 0.25) is 0 Å². The van der Waals surface area contributed by atoms with E-state index in [2.05, 4.69) is 0 Å². The van der Waals surface area contributed by atoms with E-state index in [0.717, 1.165) is 0 Å². The van der Waals surface area contributed by atoms with Gasteiger partial charge < -0.3 is 22.9 Å². The van der Waals surface area contributed by atoms with Crippen LogP contribution in [0.3, 0.4) is 0 Å². The SMILES string of the molecule is NC(=O)c1c(N)cc(N)cc1N. The van der Waals surface area contributed by atoms with Gasteiger partial charge in [-0.2, -0.15) is 0 Å². The third kappa shape index (κ3) is 1.24. The zero-order chi connectivity index (χ0) is 9.30. The van der Waals surface area contributed by atoms with E-state index in [9.17, 15) is 4.79 Å². The highest BCUT2D eigenvalue weighted by molar-refractivity contribution is 6.03. The van der Waals surface area contributed by atoms with Crippen molar-refractivity contribution in [1.29, 1.82) is 0 Å². The third-order valence-corrected chi connectivity index (χ3v) is 1.47. The largest absolute Gasteiger partial charge is 0.399 e.